The number of benzene rings is 2. The van der Waals surface area contributed by atoms with Crippen LogP contribution in [-0.4, -0.2) is 89.2 Å². The molecule has 0 amide bonds. The zero-order chi connectivity index (χ0) is 23.2. The number of nitrogens with zero attached hydrogens (tertiary/aromatic N) is 1. The summed E-state index contributed by atoms with van der Waals surface area (Å²) in [5, 5.41) is 8.58. The van der Waals surface area contributed by atoms with Gasteiger partial charge in [0.15, 0.2) is 0 Å². The monoisotopic (exact) mass is 461 g/mol. The van der Waals surface area contributed by atoms with Gasteiger partial charge in [0.2, 0.25) is 0 Å². The van der Waals surface area contributed by atoms with Crippen molar-refractivity contribution in [2.45, 2.75) is 13.1 Å². The molecular weight excluding hydrogens is 422 g/mol. The Balaban J connectivity index is 1.47. The Hall–Kier alpha value is -1.84. The Morgan fingerprint density at radius 3 is 1.24 bits per heavy atom. The Labute approximate surface area is 198 Å². The Kier molecular flexibility index (Phi) is 16.3. The topological polar surface area (TPSA) is 69.6 Å². The third kappa shape index (κ3) is 14.8. The molecule has 0 aliphatic carbocycles. The minimum Gasteiger partial charge on any atom is -0.394 e. The maximum Gasteiger partial charge on any atom is 0.0701 e. The molecule has 0 radical (unpaired) electrons. The number of ether oxygens (including phenoxy) is 5. The highest BCUT2D eigenvalue weighted by atomic mass is 16.6. The van der Waals surface area contributed by atoms with Crippen molar-refractivity contribution in [3.05, 3.63) is 71.8 Å². The lowest BCUT2D eigenvalue weighted by Crippen LogP contribution is -2.27. The fourth-order valence-electron chi connectivity index (χ4n) is 3.14. The van der Waals surface area contributed by atoms with Gasteiger partial charge in [-0.25, -0.2) is 0 Å². The molecule has 2 aromatic rings. The molecule has 0 aromatic heterocycles. The molecule has 0 atom stereocenters. The van der Waals surface area contributed by atoms with Crippen LogP contribution in [0.2, 0.25) is 0 Å². The van der Waals surface area contributed by atoms with Crippen molar-refractivity contribution in [2.75, 3.05) is 79.2 Å². The smallest absolute Gasteiger partial charge is 0.0701 e. The highest BCUT2D eigenvalue weighted by Gasteiger charge is 2.07. The zero-order valence-corrected chi connectivity index (χ0v) is 19.6. The highest BCUT2D eigenvalue weighted by molar-refractivity contribution is 5.17. The van der Waals surface area contributed by atoms with Crippen LogP contribution in [0.15, 0.2) is 60.7 Å². The van der Waals surface area contributed by atoms with Crippen molar-refractivity contribution in [1.82, 2.24) is 4.90 Å². The van der Waals surface area contributed by atoms with Gasteiger partial charge in [-0.05, 0) is 11.1 Å². The van der Waals surface area contributed by atoms with Crippen LogP contribution in [-0.2, 0) is 36.8 Å². The van der Waals surface area contributed by atoms with E-state index in [-0.39, 0.29) is 6.61 Å². The molecule has 0 saturated carbocycles. The lowest BCUT2D eigenvalue weighted by atomic mass is 10.1. The van der Waals surface area contributed by atoms with Gasteiger partial charge in [-0.1, -0.05) is 60.7 Å². The summed E-state index contributed by atoms with van der Waals surface area (Å²) < 4.78 is 27.2. The average Bonchev–Trinajstić information content (AvgIpc) is 2.85. The molecule has 184 valence electrons. The first kappa shape index (κ1) is 27.4. The normalized spacial score (nSPS) is 11.3. The Morgan fingerprint density at radius 2 is 0.848 bits per heavy atom. The van der Waals surface area contributed by atoms with Crippen LogP contribution in [0, 0.1) is 0 Å². The predicted molar refractivity (Wildman–Crippen MR) is 128 cm³/mol. The Bertz CT molecular complexity index is 631. The highest BCUT2D eigenvalue weighted by Crippen LogP contribution is 2.09. The molecule has 33 heavy (non-hydrogen) atoms. The van der Waals surface area contributed by atoms with Gasteiger partial charge in [0, 0.05) is 19.6 Å². The number of hydrogen-bond acceptors (Lipinski definition) is 7. The van der Waals surface area contributed by atoms with E-state index in [1.165, 1.54) is 11.1 Å². The predicted octanol–water partition coefficient (Wildman–Crippen LogP) is 2.76. The fraction of sp³-hybridized carbons (Fsp3) is 0.538. The number of aliphatic hydroxyl groups is 1. The van der Waals surface area contributed by atoms with Gasteiger partial charge in [0.25, 0.3) is 0 Å². The Morgan fingerprint density at radius 1 is 0.485 bits per heavy atom. The molecule has 2 rings (SSSR count). The maximum atomic E-state index is 8.58. The van der Waals surface area contributed by atoms with E-state index in [0.29, 0.717) is 66.1 Å². The number of hydrogen-bond donors (Lipinski definition) is 1. The first-order valence-electron chi connectivity index (χ1n) is 11.7. The first-order chi connectivity index (χ1) is 16.4. The molecule has 7 heteroatoms. The van der Waals surface area contributed by atoms with E-state index in [1.54, 1.807) is 0 Å². The van der Waals surface area contributed by atoms with Crippen molar-refractivity contribution in [3.8, 4) is 0 Å². The molecule has 1 N–H and O–H groups in total. The summed E-state index contributed by atoms with van der Waals surface area (Å²) in [5.74, 6) is 0. The van der Waals surface area contributed by atoms with Gasteiger partial charge in [0.1, 0.15) is 0 Å². The van der Waals surface area contributed by atoms with Gasteiger partial charge in [-0.2, -0.15) is 0 Å². The van der Waals surface area contributed by atoms with E-state index in [2.05, 4.69) is 53.4 Å². The summed E-state index contributed by atoms with van der Waals surface area (Å²) in [6.45, 7) is 7.94. The van der Waals surface area contributed by atoms with Crippen LogP contribution in [0.25, 0.3) is 0 Å². The van der Waals surface area contributed by atoms with Crippen LogP contribution >= 0.6 is 0 Å². The van der Waals surface area contributed by atoms with Crippen LogP contribution in [0.1, 0.15) is 11.1 Å². The van der Waals surface area contributed by atoms with Crippen molar-refractivity contribution in [1.29, 1.82) is 0 Å². The van der Waals surface area contributed by atoms with Crippen LogP contribution in [0.4, 0.5) is 0 Å². The SMILES string of the molecule is OCCOCCOCCOCCOCCOCCN(Cc1ccccc1)Cc1ccccc1. The quantitative estimate of drug-likeness (QED) is 0.287. The summed E-state index contributed by atoms with van der Waals surface area (Å²) in [4.78, 5) is 2.40. The molecule has 0 aliphatic rings. The summed E-state index contributed by atoms with van der Waals surface area (Å²) in [5.41, 5.74) is 2.61. The van der Waals surface area contributed by atoms with Crippen molar-refractivity contribution in [3.63, 3.8) is 0 Å². The fourth-order valence-corrected chi connectivity index (χ4v) is 3.14. The van der Waals surface area contributed by atoms with Gasteiger partial charge in [-0.3, -0.25) is 4.90 Å². The molecule has 0 spiro atoms. The number of rotatable bonds is 21. The lowest BCUT2D eigenvalue weighted by Gasteiger charge is -2.22. The third-order valence-electron chi connectivity index (χ3n) is 4.77. The van der Waals surface area contributed by atoms with E-state index < -0.39 is 0 Å². The van der Waals surface area contributed by atoms with E-state index in [4.69, 9.17) is 28.8 Å². The van der Waals surface area contributed by atoms with Crippen molar-refractivity contribution < 1.29 is 28.8 Å². The summed E-state index contributed by atoms with van der Waals surface area (Å²) in [7, 11) is 0. The molecule has 0 saturated heterocycles. The third-order valence-corrected chi connectivity index (χ3v) is 4.77. The first-order valence-corrected chi connectivity index (χ1v) is 11.7. The summed E-state index contributed by atoms with van der Waals surface area (Å²) in [6.07, 6.45) is 0. The maximum absolute atomic E-state index is 8.58. The second kappa shape index (κ2) is 19.6. The van der Waals surface area contributed by atoms with Crippen molar-refractivity contribution in [2.24, 2.45) is 0 Å². The minimum atomic E-state index is 0.0368. The minimum absolute atomic E-state index is 0.0368. The standard InChI is InChI=1S/C26H39NO6/c28-12-14-30-16-18-32-20-22-33-21-19-31-17-15-29-13-11-27(23-25-7-3-1-4-8-25)24-26-9-5-2-6-10-26/h1-10,28H,11-24H2. The van der Waals surface area contributed by atoms with Gasteiger partial charge in [-0.15, -0.1) is 0 Å². The summed E-state index contributed by atoms with van der Waals surface area (Å²) in [6, 6.07) is 21.1. The molecule has 0 fully saturated rings. The van der Waals surface area contributed by atoms with Gasteiger partial charge < -0.3 is 28.8 Å². The number of aliphatic hydroxyl groups excluding tert-OH is 1. The van der Waals surface area contributed by atoms with Gasteiger partial charge in [0.05, 0.1) is 72.7 Å². The zero-order valence-electron chi connectivity index (χ0n) is 19.6. The second-order valence-corrected chi connectivity index (χ2v) is 7.47. The van der Waals surface area contributed by atoms with Crippen LogP contribution < -0.4 is 0 Å². The molecule has 0 unspecified atom stereocenters. The second-order valence-electron chi connectivity index (χ2n) is 7.47. The van der Waals surface area contributed by atoms with Crippen LogP contribution in [0.5, 0.6) is 0 Å². The van der Waals surface area contributed by atoms with Gasteiger partial charge >= 0.3 is 0 Å². The molecule has 7 nitrogen and oxygen atoms in total. The van der Waals surface area contributed by atoms with E-state index in [9.17, 15) is 0 Å². The van der Waals surface area contributed by atoms with Crippen molar-refractivity contribution >= 4 is 0 Å². The molecule has 0 aliphatic heterocycles. The largest absolute Gasteiger partial charge is 0.394 e. The molecular formula is C26H39NO6. The summed E-state index contributed by atoms with van der Waals surface area (Å²) >= 11 is 0. The molecule has 0 bridgehead atoms. The van der Waals surface area contributed by atoms with E-state index in [1.807, 2.05) is 12.1 Å². The van der Waals surface area contributed by atoms with Crippen LogP contribution in [0.3, 0.4) is 0 Å². The molecule has 0 heterocycles. The van der Waals surface area contributed by atoms with E-state index in [0.717, 1.165) is 19.6 Å². The lowest BCUT2D eigenvalue weighted by molar-refractivity contribution is -0.0145. The van der Waals surface area contributed by atoms with E-state index >= 15 is 0 Å². The average molecular weight is 462 g/mol. The molecule has 2 aromatic carbocycles.